The Balaban J connectivity index is 1.85. The van der Waals surface area contributed by atoms with Crippen LogP contribution in [-0.4, -0.2) is 16.8 Å². The quantitative estimate of drug-likeness (QED) is 0.831. The minimum atomic E-state index is -0.647. The maximum Gasteiger partial charge on any atom is 0.309 e. The van der Waals surface area contributed by atoms with Crippen molar-refractivity contribution in [1.82, 2.24) is 15.6 Å². The van der Waals surface area contributed by atoms with Crippen LogP contribution in [0.4, 0.5) is 0 Å². The molecule has 0 aliphatic carbocycles. The lowest BCUT2D eigenvalue weighted by atomic mass is 10.1. The summed E-state index contributed by atoms with van der Waals surface area (Å²) in [5, 5.41) is 5.29. The molecule has 0 bridgehead atoms. The maximum atomic E-state index is 11.9. The lowest BCUT2D eigenvalue weighted by Gasteiger charge is -2.14. The highest BCUT2D eigenvalue weighted by Gasteiger charge is 2.16. The number of nitrogens with one attached hydrogen (secondary N) is 2. The number of benzene rings is 1. The van der Waals surface area contributed by atoms with Crippen molar-refractivity contribution in [1.29, 1.82) is 0 Å². The highest BCUT2D eigenvalue weighted by atomic mass is 16.2. The summed E-state index contributed by atoms with van der Waals surface area (Å²) in [5.74, 6) is -1.29. The van der Waals surface area contributed by atoms with Gasteiger partial charge in [-0.15, -0.1) is 0 Å². The van der Waals surface area contributed by atoms with Gasteiger partial charge in [0.2, 0.25) is 0 Å². The van der Waals surface area contributed by atoms with Crippen LogP contribution in [0.15, 0.2) is 48.8 Å². The molecule has 23 heavy (non-hydrogen) atoms. The molecule has 5 nitrogen and oxygen atoms in total. The van der Waals surface area contributed by atoms with Crippen molar-refractivity contribution >= 4 is 11.8 Å². The number of nitrogens with zero attached hydrogens (tertiary/aromatic N) is 1. The third-order valence-electron chi connectivity index (χ3n) is 3.62. The number of carbonyl (C=O) groups excluding carboxylic acids is 2. The van der Waals surface area contributed by atoms with Gasteiger partial charge in [-0.25, -0.2) is 0 Å². The fourth-order valence-corrected chi connectivity index (χ4v) is 2.15. The van der Waals surface area contributed by atoms with Gasteiger partial charge in [0.15, 0.2) is 0 Å². The number of hydrogen-bond donors (Lipinski definition) is 2. The van der Waals surface area contributed by atoms with Crippen LogP contribution >= 0.6 is 0 Å². The molecule has 0 aliphatic heterocycles. The SMILES string of the molecule is CCc1ccc(C(C)NC(=O)C(=O)NCc2cccnc2)cc1. The molecule has 2 aromatic rings. The first-order valence-electron chi connectivity index (χ1n) is 7.66. The minimum Gasteiger partial charge on any atom is -0.344 e. The predicted molar refractivity (Wildman–Crippen MR) is 88.5 cm³/mol. The average molecular weight is 311 g/mol. The van der Waals surface area contributed by atoms with Crippen LogP contribution in [0.3, 0.4) is 0 Å². The molecule has 0 radical (unpaired) electrons. The second kappa shape index (κ2) is 8.08. The van der Waals surface area contributed by atoms with Gasteiger partial charge in [-0.1, -0.05) is 37.3 Å². The molecule has 2 N–H and O–H groups in total. The third-order valence-corrected chi connectivity index (χ3v) is 3.62. The molecule has 0 saturated heterocycles. The molecule has 2 amide bonds. The van der Waals surface area contributed by atoms with Gasteiger partial charge < -0.3 is 10.6 Å². The van der Waals surface area contributed by atoms with Gasteiger partial charge in [0.05, 0.1) is 6.04 Å². The van der Waals surface area contributed by atoms with Crippen LogP contribution in [0.1, 0.15) is 36.6 Å². The molecular formula is C18H21N3O2. The molecule has 1 unspecified atom stereocenters. The Bertz CT molecular complexity index is 654. The van der Waals surface area contributed by atoms with Gasteiger partial charge >= 0.3 is 11.8 Å². The molecule has 0 aliphatic rings. The van der Waals surface area contributed by atoms with Crippen LogP contribution in [0.25, 0.3) is 0 Å². The fraction of sp³-hybridized carbons (Fsp3) is 0.278. The van der Waals surface area contributed by atoms with Gasteiger partial charge in [-0.3, -0.25) is 14.6 Å². The van der Waals surface area contributed by atoms with E-state index in [9.17, 15) is 9.59 Å². The van der Waals surface area contributed by atoms with Crippen molar-refractivity contribution in [3.8, 4) is 0 Å². The Morgan fingerprint density at radius 1 is 1.09 bits per heavy atom. The van der Waals surface area contributed by atoms with E-state index in [1.807, 2.05) is 37.3 Å². The van der Waals surface area contributed by atoms with Crippen molar-refractivity contribution < 1.29 is 9.59 Å². The summed E-state index contributed by atoms with van der Waals surface area (Å²) >= 11 is 0. The van der Waals surface area contributed by atoms with Crippen molar-refractivity contribution in [3.63, 3.8) is 0 Å². The van der Waals surface area contributed by atoms with Crippen LogP contribution in [0, 0.1) is 0 Å². The average Bonchev–Trinajstić information content (AvgIpc) is 2.60. The number of aryl methyl sites for hydroxylation is 1. The van der Waals surface area contributed by atoms with E-state index in [-0.39, 0.29) is 12.6 Å². The number of rotatable bonds is 5. The van der Waals surface area contributed by atoms with E-state index in [1.54, 1.807) is 18.5 Å². The lowest BCUT2D eigenvalue weighted by molar-refractivity contribution is -0.139. The van der Waals surface area contributed by atoms with Crippen molar-refractivity contribution in [2.45, 2.75) is 32.9 Å². The molecule has 1 aromatic heterocycles. The smallest absolute Gasteiger partial charge is 0.309 e. The molecule has 120 valence electrons. The van der Waals surface area contributed by atoms with Gasteiger partial charge in [0.25, 0.3) is 0 Å². The van der Waals surface area contributed by atoms with Crippen molar-refractivity contribution in [2.24, 2.45) is 0 Å². The highest BCUT2D eigenvalue weighted by molar-refractivity contribution is 6.35. The van der Waals surface area contributed by atoms with E-state index in [1.165, 1.54) is 5.56 Å². The normalized spacial score (nSPS) is 11.6. The van der Waals surface area contributed by atoms with E-state index in [0.717, 1.165) is 17.5 Å². The summed E-state index contributed by atoms with van der Waals surface area (Å²) in [5.41, 5.74) is 3.05. The molecular weight excluding hydrogens is 290 g/mol. The monoisotopic (exact) mass is 311 g/mol. The second-order valence-corrected chi connectivity index (χ2v) is 5.33. The summed E-state index contributed by atoms with van der Waals surface area (Å²) in [6.45, 7) is 4.22. The largest absolute Gasteiger partial charge is 0.344 e. The van der Waals surface area contributed by atoms with Gasteiger partial charge in [-0.05, 0) is 36.1 Å². The molecule has 0 fully saturated rings. The summed E-state index contributed by atoms with van der Waals surface area (Å²) in [6.07, 6.45) is 4.28. The van der Waals surface area contributed by atoms with Crippen LogP contribution in [-0.2, 0) is 22.6 Å². The molecule has 0 saturated carbocycles. The standard InChI is InChI=1S/C18H21N3O2/c1-3-14-6-8-16(9-7-14)13(2)21-18(23)17(22)20-12-15-5-4-10-19-11-15/h4-11,13H,3,12H2,1-2H3,(H,20,22)(H,21,23). The van der Waals surface area contributed by atoms with Crippen LogP contribution in [0.2, 0.25) is 0 Å². The highest BCUT2D eigenvalue weighted by Crippen LogP contribution is 2.13. The first-order chi connectivity index (χ1) is 11.1. The molecule has 1 atom stereocenters. The first-order valence-corrected chi connectivity index (χ1v) is 7.66. The summed E-state index contributed by atoms with van der Waals surface area (Å²) < 4.78 is 0. The zero-order valence-electron chi connectivity index (χ0n) is 13.4. The third kappa shape index (κ3) is 4.92. The first kappa shape index (κ1) is 16.7. The molecule has 2 rings (SSSR count). The van der Waals surface area contributed by atoms with E-state index < -0.39 is 11.8 Å². The number of aromatic nitrogens is 1. The molecule has 1 heterocycles. The fourth-order valence-electron chi connectivity index (χ4n) is 2.15. The van der Waals surface area contributed by atoms with Crippen LogP contribution < -0.4 is 10.6 Å². The Labute approximate surface area is 136 Å². The maximum absolute atomic E-state index is 11.9. The summed E-state index contributed by atoms with van der Waals surface area (Å²) in [7, 11) is 0. The Kier molecular flexibility index (Phi) is 5.86. The summed E-state index contributed by atoms with van der Waals surface area (Å²) in [6, 6.07) is 11.4. The van der Waals surface area contributed by atoms with Crippen LogP contribution in [0.5, 0.6) is 0 Å². The van der Waals surface area contributed by atoms with Gasteiger partial charge in [0, 0.05) is 18.9 Å². The Morgan fingerprint density at radius 3 is 2.43 bits per heavy atom. The Morgan fingerprint density at radius 2 is 1.83 bits per heavy atom. The number of carbonyl (C=O) groups is 2. The van der Waals surface area contributed by atoms with Gasteiger partial charge in [0.1, 0.15) is 0 Å². The lowest BCUT2D eigenvalue weighted by Crippen LogP contribution is -2.40. The summed E-state index contributed by atoms with van der Waals surface area (Å²) in [4.78, 5) is 27.7. The van der Waals surface area contributed by atoms with E-state index >= 15 is 0 Å². The predicted octanol–water partition coefficient (Wildman–Crippen LogP) is 2.14. The zero-order valence-corrected chi connectivity index (χ0v) is 13.4. The topological polar surface area (TPSA) is 71.1 Å². The van der Waals surface area contributed by atoms with E-state index in [2.05, 4.69) is 22.5 Å². The number of hydrogen-bond acceptors (Lipinski definition) is 3. The van der Waals surface area contributed by atoms with Gasteiger partial charge in [-0.2, -0.15) is 0 Å². The zero-order chi connectivity index (χ0) is 16.7. The second-order valence-electron chi connectivity index (χ2n) is 5.33. The molecule has 1 aromatic carbocycles. The molecule has 0 spiro atoms. The Hall–Kier alpha value is -2.69. The van der Waals surface area contributed by atoms with E-state index in [4.69, 9.17) is 0 Å². The minimum absolute atomic E-state index is 0.224. The molecule has 5 heteroatoms. The van der Waals surface area contributed by atoms with E-state index in [0.29, 0.717) is 0 Å². The van der Waals surface area contributed by atoms with Crippen molar-refractivity contribution in [3.05, 3.63) is 65.5 Å². The number of pyridine rings is 1. The van der Waals surface area contributed by atoms with Crippen molar-refractivity contribution in [2.75, 3.05) is 0 Å². The number of amides is 2.